The molecule has 2 aromatic carbocycles. The summed E-state index contributed by atoms with van der Waals surface area (Å²) in [6.07, 6.45) is 0. The fourth-order valence-electron chi connectivity index (χ4n) is 2.10. The summed E-state index contributed by atoms with van der Waals surface area (Å²) in [5, 5.41) is 4.86. The number of para-hydroxylation sites is 1. The first-order valence-corrected chi connectivity index (χ1v) is 8.45. The third kappa shape index (κ3) is 7.28. The Labute approximate surface area is 161 Å². The van der Waals surface area contributed by atoms with Crippen LogP contribution in [-0.2, 0) is 19.1 Å². The summed E-state index contributed by atoms with van der Waals surface area (Å²) < 4.78 is 10.0. The minimum Gasteiger partial charge on any atom is -0.484 e. The van der Waals surface area contributed by atoms with E-state index in [0.717, 1.165) is 0 Å². The van der Waals surface area contributed by atoms with Crippen molar-refractivity contribution in [3.8, 4) is 5.75 Å². The van der Waals surface area contributed by atoms with Gasteiger partial charge >= 0.3 is 5.97 Å². The van der Waals surface area contributed by atoms with Crippen LogP contribution in [0.25, 0.3) is 0 Å². The summed E-state index contributed by atoms with van der Waals surface area (Å²) in [5.74, 6) is -1.42. The molecule has 0 fully saturated rings. The normalized spacial score (nSPS) is 9.89. The van der Waals surface area contributed by atoms with Gasteiger partial charge < -0.3 is 20.1 Å². The van der Waals surface area contributed by atoms with Crippen molar-refractivity contribution >= 4 is 29.3 Å². The number of benzene rings is 2. The molecule has 28 heavy (non-hydrogen) atoms. The van der Waals surface area contributed by atoms with E-state index in [0.29, 0.717) is 17.0 Å². The standard InChI is InChI=1S/C20H20N2O6/c1-14(23)15-6-5-7-16(10-15)22-19(25)13-28-20(26)11-21-18(24)12-27-17-8-3-2-4-9-17/h2-10H,11-13H2,1H3,(H,21,24)(H,22,25). The molecule has 2 rings (SSSR count). The maximum Gasteiger partial charge on any atom is 0.325 e. The van der Waals surface area contributed by atoms with Crippen molar-refractivity contribution in [3.63, 3.8) is 0 Å². The first kappa shape index (κ1) is 20.6. The zero-order valence-corrected chi connectivity index (χ0v) is 15.3. The van der Waals surface area contributed by atoms with Crippen LogP contribution in [0, 0.1) is 0 Å². The van der Waals surface area contributed by atoms with E-state index in [4.69, 9.17) is 9.47 Å². The van der Waals surface area contributed by atoms with Gasteiger partial charge in [0.1, 0.15) is 12.3 Å². The number of rotatable bonds is 9. The molecule has 0 aromatic heterocycles. The highest BCUT2D eigenvalue weighted by Gasteiger charge is 2.11. The molecule has 0 saturated heterocycles. The number of Topliss-reactive ketones (excluding diaryl/α,β-unsaturated/α-hetero) is 1. The second-order valence-corrected chi connectivity index (χ2v) is 5.72. The minimum atomic E-state index is -0.763. The van der Waals surface area contributed by atoms with Crippen molar-refractivity contribution in [2.24, 2.45) is 0 Å². The van der Waals surface area contributed by atoms with Gasteiger partial charge in [-0.05, 0) is 31.2 Å². The molecule has 0 atom stereocenters. The van der Waals surface area contributed by atoms with Crippen molar-refractivity contribution < 1.29 is 28.7 Å². The smallest absolute Gasteiger partial charge is 0.325 e. The van der Waals surface area contributed by atoms with Crippen LogP contribution in [0.1, 0.15) is 17.3 Å². The Balaban J connectivity index is 1.66. The molecule has 8 nitrogen and oxygen atoms in total. The monoisotopic (exact) mass is 384 g/mol. The molecule has 0 radical (unpaired) electrons. The lowest BCUT2D eigenvalue weighted by Gasteiger charge is -2.09. The minimum absolute atomic E-state index is 0.130. The van der Waals surface area contributed by atoms with E-state index in [1.54, 1.807) is 42.5 Å². The maximum absolute atomic E-state index is 11.8. The highest BCUT2D eigenvalue weighted by atomic mass is 16.5. The summed E-state index contributed by atoms with van der Waals surface area (Å²) in [6.45, 7) is 0.274. The van der Waals surface area contributed by atoms with E-state index in [9.17, 15) is 19.2 Å². The second-order valence-electron chi connectivity index (χ2n) is 5.72. The Kier molecular flexibility index (Phi) is 7.71. The van der Waals surface area contributed by atoms with Crippen LogP contribution in [0.15, 0.2) is 54.6 Å². The Morgan fingerprint density at radius 1 is 0.893 bits per heavy atom. The molecule has 8 heteroatoms. The van der Waals surface area contributed by atoms with Gasteiger partial charge in [0.05, 0.1) is 0 Å². The Morgan fingerprint density at radius 3 is 2.36 bits per heavy atom. The second kappa shape index (κ2) is 10.5. The van der Waals surface area contributed by atoms with Gasteiger partial charge in [0.25, 0.3) is 11.8 Å². The lowest BCUT2D eigenvalue weighted by molar-refractivity contribution is -0.147. The number of ketones is 1. The average molecular weight is 384 g/mol. The number of carbonyl (C=O) groups excluding carboxylic acids is 4. The number of ether oxygens (including phenoxy) is 2. The van der Waals surface area contributed by atoms with E-state index in [1.165, 1.54) is 13.0 Å². The van der Waals surface area contributed by atoms with E-state index in [2.05, 4.69) is 10.6 Å². The van der Waals surface area contributed by atoms with Crippen LogP contribution in [0.2, 0.25) is 0 Å². The molecule has 0 heterocycles. The lowest BCUT2D eigenvalue weighted by atomic mass is 10.1. The van der Waals surface area contributed by atoms with Crippen molar-refractivity contribution in [1.82, 2.24) is 5.32 Å². The number of anilines is 1. The maximum atomic E-state index is 11.8. The van der Waals surface area contributed by atoms with Crippen molar-refractivity contribution in [3.05, 3.63) is 60.2 Å². The fraction of sp³-hybridized carbons (Fsp3) is 0.200. The third-order valence-corrected chi connectivity index (χ3v) is 3.46. The van der Waals surface area contributed by atoms with Crippen LogP contribution >= 0.6 is 0 Å². The third-order valence-electron chi connectivity index (χ3n) is 3.46. The molecule has 0 unspecified atom stereocenters. The fourth-order valence-corrected chi connectivity index (χ4v) is 2.10. The Morgan fingerprint density at radius 2 is 1.64 bits per heavy atom. The van der Waals surface area contributed by atoms with E-state index >= 15 is 0 Å². The van der Waals surface area contributed by atoms with Gasteiger partial charge in [-0.1, -0.05) is 30.3 Å². The highest BCUT2D eigenvalue weighted by molar-refractivity contribution is 5.97. The van der Waals surface area contributed by atoms with Crippen molar-refractivity contribution in [2.45, 2.75) is 6.92 Å². The average Bonchev–Trinajstić information content (AvgIpc) is 2.70. The molecule has 0 spiro atoms. The number of esters is 1. The van der Waals surface area contributed by atoms with E-state index < -0.39 is 24.4 Å². The van der Waals surface area contributed by atoms with Crippen LogP contribution in [0.3, 0.4) is 0 Å². The SMILES string of the molecule is CC(=O)c1cccc(NC(=O)COC(=O)CNC(=O)COc2ccccc2)c1. The van der Waals surface area contributed by atoms with Gasteiger partial charge in [0.2, 0.25) is 0 Å². The number of nitrogens with one attached hydrogen (secondary N) is 2. The van der Waals surface area contributed by atoms with Gasteiger partial charge in [-0.3, -0.25) is 19.2 Å². The molecular weight excluding hydrogens is 364 g/mol. The van der Waals surface area contributed by atoms with Gasteiger partial charge in [-0.2, -0.15) is 0 Å². The molecule has 146 valence electrons. The first-order valence-electron chi connectivity index (χ1n) is 8.45. The zero-order chi connectivity index (χ0) is 20.4. The topological polar surface area (TPSA) is 111 Å². The molecule has 2 amide bonds. The Bertz CT molecular complexity index is 851. The van der Waals surface area contributed by atoms with Gasteiger partial charge in [-0.15, -0.1) is 0 Å². The molecule has 0 aliphatic rings. The molecule has 0 bridgehead atoms. The molecular formula is C20H20N2O6. The Hall–Kier alpha value is -3.68. The van der Waals surface area contributed by atoms with E-state index in [1.807, 2.05) is 6.07 Å². The van der Waals surface area contributed by atoms with Gasteiger partial charge in [0.15, 0.2) is 19.0 Å². The predicted molar refractivity (Wildman–Crippen MR) is 101 cm³/mol. The van der Waals surface area contributed by atoms with Gasteiger partial charge in [-0.25, -0.2) is 0 Å². The highest BCUT2D eigenvalue weighted by Crippen LogP contribution is 2.11. The summed E-state index contributed by atoms with van der Waals surface area (Å²) in [7, 11) is 0. The molecule has 2 N–H and O–H groups in total. The van der Waals surface area contributed by atoms with E-state index in [-0.39, 0.29) is 18.9 Å². The zero-order valence-electron chi connectivity index (χ0n) is 15.3. The molecule has 0 aliphatic carbocycles. The number of amides is 2. The van der Waals surface area contributed by atoms with Crippen LogP contribution < -0.4 is 15.4 Å². The summed E-state index contributed by atoms with van der Waals surface area (Å²) in [5.41, 5.74) is 0.871. The predicted octanol–water partition coefficient (Wildman–Crippen LogP) is 1.57. The largest absolute Gasteiger partial charge is 0.484 e. The summed E-state index contributed by atoms with van der Waals surface area (Å²) in [4.78, 5) is 46.4. The quantitative estimate of drug-likeness (QED) is 0.501. The first-order chi connectivity index (χ1) is 13.4. The summed E-state index contributed by atoms with van der Waals surface area (Å²) in [6, 6.07) is 15.2. The number of hydrogen-bond acceptors (Lipinski definition) is 6. The van der Waals surface area contributed by atoms with Gasteiger partial charge in [0, 0.05) is 11.3 Å². The molecule has 2 aromatic rings. The summed E-state index contributed by atoms with van der Waals surface area (Å²) >= 11 is 0. The van der Waals surface area contributed by atoms with Crippen LogP contribution in [-0.4, -0.2) is 43.3 Å². The molecule has 0 aliphatic heterocycles. The number of hydrogen-bond donors (Lipinski definition) is 2. The van der Waals surface area contributed by atoms with Crippen molar-refractivity contribution in [1.29, 1.82) is 0 Å². The van der Waals surface area contributed by atoms with Crippen molar-refractivity contribution in [2.75, 3.05) is 25.1 Å². The number of carbonyl (C=O) groups is 4. The molecule has 0 saturated carbocycles. The van der Waals surface area contributed by atoms with Crippen LogP contribution in [0.5, 0.6) is 5.75 Å². The van der Waals surface area contributed by atoms with Crippen LogP contribution in [0.4, 0.5) is 5.69 Å². The lowest BCUT2D eigenvalue weighted by Crippen LogP contribution is -2.35.